The fourth-order valence-corrected chi connectivity index (χ4v) is 4.34. The molecule has 3 unspecified atom stereocenters. The van der Waals surface area contributed by atoms with Crippen LogP contribution in [0.4, 0.5) is 0 Å². The molecule has 0 saturated heterocycles. The van der Waals surface area contributed by atoms with Crippen LogP contribution in [0.3, 0.4) is 0 Å². The van der Waals surface area contributed by atoms with Crippen molar-refractivity contribution >= 4 is 5.84 Å². The predicted molar refractivity (Wildman–Crippen MR) is 105 cm³/mol. The molecule has 0 spiro atoms. The van der Waals surface area contributed by atoms with E-state index in [4.69, 9.17) is 24.7 Å². The van der Waals surface area contributed by atoms with Gasteiger partial charge in [0.15, 0.2) is 5.41 Å². The summed E-state index contributed by atoms with van der Waals surface area (Å²) in [5.74, 6) is -1.07. The molecule has 3 atom stereocenters. The normalized spacial score (nSPS) is 28.6. The smallest absolute Gasteiger partial charge is 0.293 e. The number of hydrogen-bond donors (Lipinski definition) is 1. The second-order valence-electron chi connectivity index (χ2n) is 7.19. The van der Waals surface area contributed by atoms with Crippen LogP contribution in [0.25, 0.3) is 0 Å². The van der Waals surface area contributed by atoms with Gasteiger partial charge in [-0.05, 0) is 30.5 Å². The number of methoxy groups -OCH3 is 2. The first kappa shape index (κ1) is 20.9. The van der Waals surface area contributed by atoms with Crippen LogP contribution >= 0.6 is 0 Å². The fourth-order valence-electron chi connectivity index (χ4n) is 4.34. The Morgan fingerprint density at radius 3 is 1.97 bits per heavy atom. The molecule has 0 bridgehead atoms. The Kier molecular flexibility index (Phi) is 5.44. The highest BCUT2D eigenvalue weighted by atomic mass is 16.7. The van der Waals surface area contributed by atoms with Crippen molar-refractivity contribution in [2.75, 3.05) is 27.4 Å². The molecule has 1 fully saturated rings. The van der Waals surface area contributed by atoms with Crippen molar-refractivity contribution in [1.29, 1.82) is 10.5 Å². The number of aliphatic imine (C=N–C) groups is 1. The van der Waals surface area contributed by atoms with E-state index < -0.39 is 22.7 Å². The van der Waals surface area contributed by atoms with Gasteiger partial charge in [-0.1, -0.05) is 13.8 Å². The van der Waals surface area contributed by atoms with Crippen molar-refractivity contribution in [2.24, 2.45) is 21.6 Å². The van der Waals surface area contributed by atoms with Gasteiger partial charge in [0.25, 0.3) is 5.91 Å². The Labute approximate surface area is 170 Å². The Balaban J connectivity index is 2.20. The first-order valence-electron chi connectivity index (χ1n) is 9.66. The molecule has 154 valence electrons. The van der Waals surface area contributed by atoms with E-state index in [2.05, 4.69) is 17.1 Å². The Hall–Kier alpha value is -2.81. The van der Waals surface area contributed by atoms with E-state index >= 15 is 0 Å². The summed E-state index contributed by atoms with van der Waals surface area (Å²) in [4.78, 5) is 4.42. The number of rotatable bonds is 9. The Morgan fingerprint density at radius 1 is 1.00 bits per heavy atom. The topological polar surface area (TPSA) is 123 Å². The van der Waals surface area contributed by atoms with E-state index in [-0.39, 0.29) is 5.84 Å². The molecule has 1 heterocycles. The van der Waals surface area contributed by atoms with Gasteiger partial charge in [-0.2, -0.15) is 10.5 Å². The maximum atomic E-state index is 10.3. The highest BCUT2D eigenvalue weighted by molar-refractivity contribution is 6.00. The zero-order valence-corrected chi connectivity index (χ0v) is 17.2. The molecule has 2 aliphatic rings. The van der Waals surface area contributed by atoms with E-state index in [1.54, 1.807) is 32.4 Å². The lowest BCUT2D eigenvalue weighted by Gasteiger charge is -2.32. The van der Waals surface area contributed by atoms with Gasteiger partial charge >= 0.3 is 0 Å². The maximum Gasteiger partial charge on any atom is 0.293 e. The monoisotopic (exact) mass is 398 g/mol. The van der Waals surface area contributed by atoms with Crippen LogP contribution in [0.5, 0.6) is 11.5 Å². The summed E-state index contributed by atoms with van der Waals surface area (Å²) < 4.78 is 22.8. The summed E-state index contributed by atoms with van der Waals surface area (Å²) >= 11 is 0. The largest absolute Gasteiger partial charge is 0.497 e. The number of nitriles is 2. The third-order valence-corrected chi connectivity index (χ3v) is 5.64. The van der Waals surface area contributed by atoms with Crippen molar-refractivity contribution < 1.29 is 18.9 Å². The van der Waals surface area contributed by atoms with E-state index in [1.165, 1.54) is 0 Å². The van der Waals surface area contributed by atoms with Crippen LogP contribution in [0.2, 0.25) is 0 Å². The van der Waals surface area contributed by atoms with E-state index in [9.17, 15) is 10.5 Å². The first-order chi connectivity index (χ1) is 14.0. The summed E-state index contributed by atoms with van der Waals surface area (Å²) in [7, 11) is 3.09. The summed E-state index contributed by atoms with van der Waals surface area (Å²) in [5, 5.41) is 20.5. The molecule has 0 amide bonds. The van der Waals surface area contributed by atoms with E-state index in [0.717, 1.165) is 0 Å². The van der Waals surface area contributed by atoms with Crippen LogP contribution in [-0.2, 0) is 9.47 Å². The van der Waals surface area contributed by atoms with Gasteiger partial charge in [0.05, 0.1) is 39.6 Å². The minimum atomic E-state index is -1.63. The average Bonchev–Trinajstić information content (AvgIpc) is 3.34. The van der Waals surface area contributed by atoms with Gasteiger partial charge in [0.1, 0.15) is 22.7 Å². The van der Waals surface area contributed by atoms with E-state index in [1.807, 2.05) is 13.8 Å². The van der Waals surface area contributed by atoms with Crippen molar-refractivity contribution in [3.63, 3.8) is 0 Å². The van der Waals surface area contributed by atoms with E-state index in [0.29, 0.717) is 43.1 Å². The second kappa shape index (κ2) is 7.55. The molecule has 0 aromatic heterocycles. The molecule has 29 heavy (non-hydrogen) atoms. The third-order valence-electron chi connectivity index (χ3n) is 5.64. The zero-order chi connectivity index (χ0) is 21.3. The van der Waals surface area contributed by atoms with Crippen molar-refractivity contribution in [2.45, 2.75) is 38.5 Å². The molecule has 1 aromatic rings. The van der Waals surface area contributed by atoms with Gasteiger partial charge < -0.3 is 24.7 Å². The molecule has 2 N–H and O–H groups in total. The van der Waals surface area contributed by atoms with Crippen LogP contribution in [-0.4, -0.2) is 39.2 Å². The molecular formula is C21H26N4O4. The number of benzene rings is 1. The molecule has 8 heteroatoms. The summed E-state index contributed by atoms with van der Waals surface area (Å²) in [5.41, 5.74) is 4.21. The molecule has 1 aliphatic carbocycles. The van der Waals surface area contributed by atoms with Gasteiger partial charge in [0, 0.05) is 12.0 Å². The molecule has 3 rings (SSSR count). The highest BCUT2D eigenvalue weighted by Gasteiger charge is 2.93. The number of nitrogens with zero attached hydrogens (tertiary/aromatic N) is 3. The van der Waals surface area contributed by atoms with Crippen molar-refractivity contribution in [3.8, 4) is 23.6 Å². The van der Waals surface area contributed by atoms with Crippen LogP contribution in [0.1, 0.15) is 38.2 Å². The number of hydrogen-bond acceptors (Lipinski definition) is 8. The van der Waals surface area contributed by atoms with Crippen molar-refractivity contribution in [3.05, 3.63) is 23.8 Å². The van der Waals surface area contributed by atoms with Gasteiger partial charge in [0.2, 0.25) is 0 Å². The second-order valence-corrected chi connectivity index (χ2v) is 7.19. The summed E-state index contributed by atoms with van der Waals surface area (Å²) in [6.45, 7) is 4.53. The fraction of sp³-hybridized carbons (Fsp3) is 0.571. The summed E-state index contributed by atoms with van der Waals surface area (Å²) in [6, 6.07) is 9.87. The first-order valence-corrected chi connectivity index (χ1v) is 9.66. The molecule has 1 aliphatic heterocycles. The van der Waals surface area contributed by atoms with Crippen LogP contribution in [0, 0.1) is 33.5 Å². The molecule has 8 nitrogen and oxygen atoms in total. The van der Waals surface area contributed by atoms with Gasteiger partial charge in [-0.3, -0.25) is 0 Å². The van der Waals surface area contributed by atoms with Gasteiger partial charge in [-0.25, -0.2) is 4.99 Å². The molecule has 1 saturated carbocycles. The highest BCUT2D eigenvalue weighted by Crippen LogP contribution is 2.82. The number of fused-ring (bicyclic) bond motifs is 1. The third kappa shape index (κ3) is 2.60. The lowest BCUT2D eigenvalue weighted by atomic mass is 9.93. The minimum absolute atomic E-state index is 0.0561. The minimum Gasteiger partial charge on any atom is -0.497 e. The van der Waals surface area contributed by atoms with Crippen molar-refractivity contribution in [1.82, 2.24) is 0 Å². The standard InChI is InChI=1S/C21H26N4O4/c1-5-7-28-21(29-8-6-2)20(13-23)17(19(20,12-22)18(24)25-21)14-9-15(26-3)11-16(10-14)27-4/h9-11,17H,5-8H2,1-4H3,(H2,24,25). The molecule has 1 aromatic carbocycles. The predicted octanol–water partition coefficient (Wildman–Crippen LogP) is 2.70. The summed E-state index contributed by atoms with van der Waals surface area (Å²) in [6.07, 6.45) is 1.40. The Bertz CT molecular complexity index is 873. The average molecular weight is 398 g/mol. The van der Waals surface area contributed by atoms with Gasteiger partial charge in [-0.15, -0.1) is 0 Å². The zero-order valence-electron chi connectivity index (χ0n) is 17.2. The molecular weight excluding hydrogens is 372 g/mol. The number of amidine groups is 1. The quantitative estimate of drug-likeness (QED) is 0.634. The number of ether oxygens (including phenoxy) is 4. The SMILES string of the molecule is CCCOC1(OCCC)N=C(N)C2(C#N)C(c3cc(OC)cc(OC)c3)C12C#N. The lowest BCUT2D eigenvalue weighted by molar-refractivity contribution is -0.259. The van der Waals surface area contributed by atoms with Crippen LogP contribution < -0.4 is 15.2 Å². The maximum absolute atomic E-state index is 10.3. The van der Waals surface area contributed by atoms with Crippen LogP contribution in [0.15, 0.2) is 23.2 Å². The molecule has 0 radical (unpaired) electrons. The Morgan fingerprint density at radius 2 is 1.55 bits per heavy atom. The lowest BCUT2D eigenvalue weighted by Crippen LogP contribution is -2.44. The number of nitrogens with two attached hydrogens (primary N) is 1.